The lowest BCUT2D eigenvalue weighted by Crippen LogP contribution is -2.41. The molecule has 5 nitrogen and oxygen atoms in total. The number of hydrogen-bond acceptors (Lipinski definition) is 4. The number of carbonyl (C=O) groups excluding carboxylic acids is 1. The molecule has 0 unspecified atom stereocenters. The predicted octanol–water partition coefficient (Wildman–Crippen LogP) is 1.92. The Hall–Kier alpha value is -1.62. The molecule has 1 aromatic heterocycles. The number of pyridine rings is 1. The minimum Gasteiger partial charge on any atom is -0.497 e. The first-order valence-corrected chi connectivity index (χ1v) is 8.13. The lowest BCUT2D eigenvalue weighted by atomic mass is 9.77. The van der Waals surface area contributed by atoms with Crippen molar-refractivity contribution in [2.24, 2.45) is 5.41 Å². The molecule has 2 saturated heterocycles. The number of aromatic nitrogens is 1. The smallest absolute Gasteiger partial charge is 0.223 e. The van der Waals surface area contributed by atoms with Gasteiger partial charge in [0.05, 0.1) is 12.8 Å². The third kappa shape index (κ3) is 3.09. The van der Waals surface area contributed by atoms with Gasteiger partial charge in [0.15, 0.2) is 0 Å². The van der Waals surface area contributed by atoms with Gasteiger partial charge in [-0.25, -0.2) is 0 Å². The van der Waals surface area contributed by atoms with Crippen molar-refractivity contribution in [1.82, 2.24) is 14.8 Å². The zero-order chi connectivity index (χ0) is 15.6. The number of carbonyl (C=O) groups is 1. The van der Waals surface area contributed by atoms with Gasteiger partial charge in [-0.3, -0.25) is 14.7 Å². The summed E-state index contributed by atoms with van der Waals surface area (Å²) >= 11 is 0. The van der Waals surface area contributed by atoms with Crippen molar-refractivity contribution in [2.75, 3.05) is 33.3 Å². The van der Waals surface area contributed by atoms with E-state index >= 15 is 0 Å². The van der Waals surface area contributed by atoms with E-state index in [-0.39, 0.29) is 5.41 Å². The summed E-state index contributed by atoms with van der Waals surface area (Å²) in [6, 6.07) is 3.88. The minimum atomic E-state index is 0.228. The third-order valence-electron chi connectivity index (χ3n) is 5.11. The van der Waals surface area contributed by atoms with E-state index in [1.165, 1.54) is 0 Å². The van der Waals surface area contributed by atoms with Gasteiger partial charge in [0.2, 0.25) is 5.91 Å². The van der Waals surface area contributed by atoms with Crippen molar-refractivity contribution < 1.29 is 9.53 Å². The number of nitrogens with zero attached hydrogens (tertiary/aromatic N) is 3. The highest BCUT2D eigenvalue weighted by Gasteiger charge is 2.44. The molecular formula is C17H25N3O2. The maximum absolute atomic E-state index is 12.0. The average molecular weight is 303 g/mol. The van der Waals surface area contributed by atoms with Crippen LogP contribution in [0.4, 0.5) is 0 Å². The average Bonchev–Trinajstić information content (AvgIpc) is 2.86. The van der Waals surface area contributed by atoms with Crippen LogP contribution in [0.1, 0.15) is 31.9 Å². The molecule has 0 atom stereocenters. The van der Waals surface area contributed by atoms with Gasteiger partial charge in [-0.1, -0.05) is 0 Å². The molecule has 1 aromatic rings. The van der Waals surface area contributed by atoms with Crippen LogP contribution < -0.4 is 4.74 Å². The van der Waals surface area contributed by atoms with Crippen LogP contribution >= 0.6 is 0 Å². The molecule has 0 N–H and O–H groups in total. The third-order valence-corrected chi connectivity index (χ3v) is 5.11. The molecule has 2 aliphatic heterocycles. The molecule has 120 valence electrons. The fourth-order valence-electron chi connectivity index (χ4n) is 3.69. The van der Waals surface area contributed by atoms with Crippen LogP contribution in [0.25, 0.3) is 0 Å². The van der Waals surface area contributed by atoms with E-state index in [2.05, 4.69) is 16.8 Å². The fourth-order valence-corrected chi connectivity index (χ4v) is 3.69. The lowest BCUT2D eigenvalue weighted by Gasteiger charge is -2.38. The van der Waals surface area contributed by atoms with Crippen LogP contribution in [0.2, 0.25) is 0 Å². The highest BCUT2D eigenvalue weighted by molar-refractivity contribution is 5.79. The van der Waals surface area contributed by atoms with Crippen LogP contribution in [0.15, 0.2) is 18.3 Å². The van der Waals surface area contributed by atoms with E-state index in [0.29, 0.717) is 5.91 Å². The van der Waals surface area contributed by atoms with Gasteiger partial charge in [-0.2, -0.15) is 0 Å². The van der Waals surface area contributed by atoms with Crippen molar-refractivity contribution in [3.8, 4) is 5.75 Å². The van der Waals surface area contributed by atoms with E-state index < -0.39 is 0 Å². The molecule has 22 heavy (non-hydrogen) atoms. The van der Waals surface area contributed by atoms with Gasteiger partial charge in [0.25, 0.3) is 0 Å². The van der Waals surface area contributed by atoms with Crippen LogP contribution in [-0.2, 0) is 11.3 Å². The molecule has 2 aliphatic rings. The first-order chi connectivity index (χ1) is 10.6. The Labute approximate surface area is 132 Å². The molecule has 3 rings (SSSR count). The summed E-state index contributed by atoms with van der Waals surface area (Å²) in [5.74, 6) is 1.20. The summed E-state index contributed by atoms with van der Waals surface area (Å²) in [5, 5.41) is 0. The van der Waals surface area contributed by atoms with Gasteiger partial charge in [0.1, 0.15) is 5.75 Å². The van der Waals surface area contributed by atoms with E-state index in [9.17, 15) is 4.79 Å². The highest BCUT2D eigenvalue weighted by atomic mass is 16.5. The summed E-state index contributed by atoms with van der Waals surface area (Å²) in [6.07, 6.45) is 4.76. The molecule has 5 heteroatoms. The number of ether oxygens (including phenoxy) is 1. The highest BCUT2D eigenvalue weighted by Crippen LogP contribution is 2.41. The summed E-state index contributed by atoms with van der Waals surface area (Å²) in [5.41, 5.74) is 1.28. The molecule has 0 aliphatic carbocycles. The van der Waals surface area contributed by atoms with E-state index in [0.717, 1.165) is 63.4 Å². The van der Waals surface area contributed by atoms with Gasteiger partial charge >= 0.3 is 0 Å². The van der Waals surface area contributed by atoms with Gasteiger partial charge < -0.3 is 9.64 Å². The second kappa shape index (κ2) is 6.24. The molecule has 3 heterocycles. The van der Waals surface area contributed by atoms with Crippen LogP contribution in [0.5, 0.6) is 5.75 Å². The number of likely N-dealkylation sites (tertiary alicyclic amines) is 2. The Bertz CT molecular complexity index is 538. The monoisotopic (exact) mass is 303 g/mol. The van der Waals surface area contributed by atoms with Gasteiger partial charge in [-0.15, -0.1) is 0 Å². The summed E-state index contributed by atoms with van der Waals surface area (Å²) in [7, 11) is 1.68. The molecule has 1 amide bonds. The van der Waals surface area contributed by atoms with E-state index in [4.69, 9.17) is 4.74 Å². The Morgan fingerprint density at radius 1 is 1.36 bits per heavy atom. The summed E-state index contributed by atoms with van der Waals surface area (Å²) < 4.78 is 5.25. The molecule has 0 saturated carbocycles. The predicted molar refractivity (Wildman–Crippen MR) is 84.6 cm³/mol. The first-order valence-electron chi connectivity index (χ1n) is 8.13. The maximum atomic E-state index is 12.0. The van der Waals surface area contributed by atoms with Gasteiger partial charge in [-0.05, 0) is 44.3 Å². The van der Waals surface area contributed by atoms with Crippen molar-refractivity contribution in [3.05, 3.63) is 24.0 Å². The molecule has 1 spiro atoms. The van der Waals surface area contributed by atoms with Crippen molar-refractivity contribution >= 4 is 5.91 Å². The van der Waals surface area contributed by atoms with Crippen LogP contribution in [0, 0.1) is 5.41 Å². The Morgan fingerprint density at radius 2 is 2.14 bits per heavy atom. The van der Waals surface area contributed by atoms with Crippen LogP contribution in [-0.4, -0.2) is 54.0 Å². The lowest BCUT2D eigenvalue weighted by molar-refractivity contribution is -0.127. The minimum absolute atomic E-state index is 0.228. The topological polar surface area (TPSA) is 45.7 Å². The normalized spacial score (nSPS) is 21.5. The maximum Gasteiger partial charge on any atom is 0.223 e. The molecule has 0 radical (unpaired) electrons. The first kappa shape index (κ1) is 15.3. The second-order valence-corrected chi connectivity index (χ2v) is 6.55. The fraction of sp³-hybridized carbons (Fsp3) is 0.647. The summed E-state index contributed by atoms with van der Waals surface area (Å²) in [6.45, 7) is 6.82. The number of amides is 1. The quantitative estimate of drug-likeness (QED) is 0.852. The van der Waals surface area contributed by atoms with Crippen molar-refractivity contribution in [1.29, 1.82) is 0 Å². The molecule has 0 aromatic carbocycles. The standard InChI is InChI=1S/C17H25N3O2/c1-3-20-13-17(11-16(20)21)5-8-19(9-6-17)12-14-10-15(22-2)4-7-18-14/h4,7,10H,3,5-6,8-9,11-13H2,1-2H3. The van der Waals surface area contributed by atoms with Crippen molar-refractivity contribution in [3.63, 3.8) is 0 Å². The zero-order valence-electron chi connectivity index (χ0n) is 13.5. The second-order valence-electron chi connectivity index (χ2n) is 6.55. The zero-order valence-corrected chi connectivity index (χ0v) is 13.5. The van der Waals surface area contributed by atoms with E-state index in [1.54, 1.807) is 13.3 Å². The molecular weight excluding hydrogens is 278 g/mol. The van der Waals surface area contributed by atoms with Crippen molar-refractivity contribution in [2.45, 2.75) is 32.7 Å². The largest absolute Gasteiger partial charge is 0.497 e. The molecule has 2 fully saturated rings. The Morgan fingerprint density at radius 3 is 2.77 bits per heavy atom. The number of rotatable bonds is 4. The molecule has 0 bridgehead atoms. The van der Waals surface area contributed by atoms with Gasteiger partial charge in [0, 0.05) is 38.3 Å². The number of piperidine rings is 1. The van der Waals surface area contributed by atoms with E-state index in [1.807, 2.05) is 17.0 Å². The number of methoxy groups -OCH3 is 1. The Balaban J connectivity index is 1.57. The number of hydrogen-bond donors (Lipinski definition) is 0. The SMILES string of the molecule is CCN1CC2(CCN(Cc3cc(OC)ccn3)CC2)CC1=O. The Kier molecular flexibility index (Phi) is 4.34. The summed E-state index contributed by atoms with van der Waals surface area (Å²) in [4.78, 5) is 20.9. The van der Waals surface area contributed by atoms with Crippen LogP contribution in [0.3, 0.4) is 0 Å².